The fourth-order valence-electron chi connectivity index (χ4n) is 4.25. The lowest BCUT2D eigenvalue weighted by atomic mass is 9.96. The number of carbonyl (C=O) groups excluding carboxylic acids is 2. The smallest absolute Gasteiger partial charge is 0.338 e. The van der Waals surface area contributed by atoms with Gasteiger partial charge in [0.05, 0.1) is 11.1 Å². The Kier molecular flexibility index (Phi) is 6.08. The standard InChI is InChI=1S/C29H24ClNO3/c1-2-15-34-29(33)26-18-22(20-4-5-20)6-7-23(26)16-19-3-12-27-24(17-19)13-14-31(27)28(32)21-8-10-25(30)11-9-21/h2-3,6-14,17-18,20H,1,4-5,15-16H2. The minimum absolute atomic E-state index is 0.109. The molecule has 4 aromatic rings. The molecule has 0 spiro atoms. The predicted molar refractivity (Wildman–Crippen MR) is 135 cm³/mol. The molecule has 0 atom stereocenters. The average molecular weight is 470 g/mol. The van der Waals surface area contributed by atoms with Crippen LogP contribution in [0.3, 0.4) is 0 Å². The van der Waals surface area contributed by atoms with Crippen molar-refractivity contribution in [1.82, 2.24) is 4.57 Å². The molecule has 4 nitrogen and oxygen atoms in total. The van der Waals surface area contributed by atoms with E-state index in [0.717, 1.165) is 22.0 Å². The highest BCUT2D eigenvalue weighted by atomic mass is 35.5. The van der Waals surface area contributed by atoms with Gasteiger partial charge in [-0.25, -0.2) is 4.79 Å². The van der Waals surface area contributed by atoms with Gasteiger partial charge in [-0.15, -0.1) is 0 Å². The number of fused-ring (bicyclic) bond motifs is 1. The van der Waals surface area contributed by atoms with E-state index >= 15 is 0 Å². The molecule has 170 valence electrons. The van der Waals surface area contributed by atoms with Crippen molar-refractivity contribution in [3.63, 3.8) is 0 Å². The van der Waals surface area contributed by atoms with Crippen LogP contribution in [0.4, 0.5) is 0 Å². The summed E-state index contributed by atoms with van der Waals surface area (Å²) in [5, 5.41) is 1.56. The molecule has 0 N–H and O–H groups in total. The maximum absolute atomic E-state index is 13.0. The van der Waals surface area contributed by atoms with Crippen molar-refractivity contribution in [3.8, 4) is 0 Å². The summed E-state index contributed by atoms with van der Waals surface area (Å²) in [7, 11) is 0. The van der Waals surface area contributed by atoms with E-state index in [1.54, 1.807) is 41.1 Å². The Morgan fingerprint density at radius 1 is 1.03 bits per heavy atom. The molecule has 1 heterocycles. The van der Waals surface area contributed by atoms with Crippen LogP contribution in [-0.4, -0.2) is 23.1 Å². The monoisotopic (exact) mass is 469 g/mol. The zero-order valence-corrected chi connectivity index (χ0v) is 19.4. The Bertz CT molecular complexity index is 1400. The van der Waals surface area contributed by atoms with E-state index in [4.69, 9.17) is 16.3 Å². The van der Waals surface area contributed by atoms with Crippen molar-refractivity contribution in [3.05, 3.63) is 118 Å². The summed E-state index contributed by atoms with van der Waals surface area (Å²) < 4.78 is 7.00. The summed E-state index contributed by atoms with van der Waals surface area (Å²) in [6.07, 6.45) is 6.29. The van der Waals surface area contributed by atoms with Gasteiger partial charge in [0.2, 0.25) is 0 Å². The molecule has 3 aromatic carbocycles. The van der Waals surface area contributed by atoms with Crippen LogP contribution in [0.1, 0.15) is 56.2 Å². The number of nitrogens with zero attached hydrogens (tertiary/aromatic N) is 1. The van der Waals surface area contributed by atoms with E-state index in [1.807, 2.05) is 30.3 Å². The molecule has 1 aliphatic rings. The van der Waals surface area contributed by atoms with Gasteiger partial charge in [0, 0.05) is 22.2 Å². The molecular weight excluding hydrogens is 446 g/mol. The number of ether oxygens (including phenoxy) is 1. The summed E-state index contributed by atoms with van der Waals surface area (Å²) in [5.74, 6) is 0.120. The molecule has 1 aromatic heterocycles. The minimum atomic E-state index is -0.321. The SMILES string of the molecule is C=CCOC(=O)c1cc(C2CC2)ccc1Cc1ccc2c(ccn2C(=O)c2ccc(Cl)cc2)c1. The maximum atomic E-state index is 13.0. The molecule has 0 radical (unpaired) electrons. The Morgan fingerprint density at radius 2 is 1.82 bits per heavy atom. The van der Waals surface area contributed by atoms with Crippen molar-refractivity contribution in [2.75, 3.05) is 6.61 Å². The third-order valence-electron chi connectivity index (χ3n) is 6.19. The van der Waals surface area contributed by atoms with Gasteiger partial charge in [-0.1, -0.05) is 42.5 Å². The Hall–Kier alpha value is -3.63. The first-order valence-corrected chi connectivity index (χ1v) is 11.7. The van der Waals surface area contributed by atoms with Gasteiger partial charge in [-0.2, -0.15) is 0 Å². The van der Waals surface area contributed by atoms with E-state index in [0.29, 0.717) is 28.5 Å². The lowest BCUT2D eigenvalue weighted by Crippen LogP contribution is -2.10. The van der Waals surface area contributed by atoms with Gasteiger partial charge in [0.25, 0.3) is 5.91 Å². The number of aromatic nitrogens is 1. The van der Waals surface area contributed by atoms with Crippen molar-refractivity contribution in [2.24, 2.45) is 0 Å². The molecule has 34 heavy (non-hydrogen) atoms. The maximum Gasteiger partial charge on any atom is 0.338 e. The largest absolute Gasteiger partial charge is 0.458 e. The summed E-state index contributed by atoms with van der Waals surface area (Å²) in [6.45, 7) is 3.82. The second-order valence-corrected chi connectivity index (χ2v) is 9.08. The van der Waals surface area contributed by atoms with Gasteiger partial charge in [0.1, 0.15) is 6.61 Å². The number of hydrogen-bond donors (Lipinski definition) is 0. The molecule has 1 fully saturated rings. The lowest BCUT2D eigenvalue weighted by Gasteiger charge is -2.12. The number of benzene rings is 3. The summed E-state index contributed by atoms with van der Waals surface area (Å²) >= 11 is 5.95. The molecule has 0 unspecified atom stereocenters. The van der Waals surface area contributed by atoms with E-state index in [1.165, 1.54) is 18.4 Å². The lowest BCUT2D eigenvalue weighted by molar-refractivity contribution is 0.0548. The van der Waals surface area contributed by atoms with E-state index in [2.05, 4.69) is 18.7 Å². The quantitative estimate of drug-likeness (QED) is 0.221. The predicted octanol–water partition coefficient (Wildman–Crippen LogP) is 6.79. The molecule has 0 aliphatic heterocycles. The number of rotatable bonds is 7. The number of halogens is 1. The van der Waals surface area contributed by atoms with E-state index in [9.17, 15) is 9.59 Å². The van der Waals surface area contributed by atoms with Crippen LogP contribution < -0.4 is 0 Å². The van der Waals surface area contributed by atoms with Crippen LogP contribution in [0.25, 0.3) is 10.9 Å². The van der Waals surface area contributed by atoms with E-state index in [-0.39, 0.29) is 18.5 Å². The highest BCUT2D eigenvalue weighted by molar-refractivity contribution is 6.30. The van der Waals surface area contributed by atoms with Crippen molar-refractivity contribution in [2.45, 2.75) is 25.2 Å². The van der Waals surface area contributed by atoms with Gasteiger partial charge in [0.15, 0.2) is 0 Å². The molecule has 1 aliphatic carbocycles. The Labute approximate surface area is 203 Å². The van der Waals surface area contributed by atoms with Crippen molar-refractivity contribution in [1.29, 1.82) is 0 Å². The fraction of sp³-hybridized carbons (Fsp3) is 0.172. The molecule has 0 amide bonds. The van der Waals surface area contributed by atoms with E-state index < -0.39 is 0 Å². The number of esters is 1. The highest BCUT2D eigenvalue weighted by Crippen LogP contribution is 2.40. The molecule has 0 bridgehead atoms. The van der Waals surface area contributed by atoms with Gasteiger partial charge in [-0.05, 0) is 90.4 Å². The third kappa shape index (κ3) is 4.55. The third-order valence-corrected chi connectivity index (χ3v) is 6.45. The zero-order valence-electron chi connectivity index (χ0n) is 18.7. The molecular formula is C29H24ClNO3. The Morgan fingerprint density at radius 3 is 2.56 bits per heavy atom. The fourth-order valence-corrected chi connectivity index (χ4v) is 4.38. The van der Waals surface area contributed by atoms with Crippen molar-refractivity contribution < 1.29 is 14.3 Å². The van der Waals surface area contributed by atoms with Crippen LogP contribution in [0.2, 0.25) is 5.02 Å². The normalized spacial score (nSPS) is 13.1. The molecule has 5 heteroatoms. The molecule has 1 saturated carbocycles. The van der Waals surface area contributed by atoms with Crippen LogP contribution in [-0.2, 0) is 11.2 Å². The topological polar surface area (TPSA) is 48.3 Å². The first kappa shape index (κ1) is 22.2. The van der Waals surface area contributed by atoms with Gasteiger partial charge >= 0.3 is 5.97 Å². The molecule has 5 rings (SSSR count). The van der Waals surface area contributed by atoms with Crippen LogP contribution >= 0.6 is 11.6 Å². The minimum Gasteiger partial charge on any atom is -0.458 e. The van der Waals surface area contributed by atoms with Crippen LogP contribution in [0.15, 0.2) is 85.6 Å². The second-order valence-electron chi connectivity index (χ2n) is 8.65. The summed E-state index contributed by atoms with van der Waals surface area (Å²) in [4.78, 5) is 25.7. The van der Waals surface area contributed by atoms with Crippen molar-refractivity contribution >= 4 is 34.4 Å². The van der Waals surface area contributed by atoms with Gasteiger partial charge in [-0.3, -0.25) is 9.36 Å². The highest BCUT2D eigenvalue weighted by Gasteiger charge is 2.25. The van der Waals surface area contributed by atoms with Crippen LogP contribution in [0, 0.1) is 0 Å². The molecule has 0 saturated heterocycles. The summed E-state index contributed by atoms with van der Waals surface area (Å²) in [6, 6.07) is 21.0. The average Bonchev–Trinajstić information content (AvgIpc) is 3.62. The second kappa shape index (κ2) is 9.32. The first-order valence-electron chi connectivity index (χ1n) is 11.3. The number of carbonyl (C=O) groups is 2. The first-order chi connectivity index (χ1) is 16.5. The Balaban J connectivity index is 1.43. The number of hydrogen-bond acceptors (Lipinski definition) is 3. The zero-order chi connectivity index (χ0) is 23.7. The van der Waals surface area contributed by atoms with Gasteiger partial charge < -0.3 is 4.74 Å². The van der Waals surface area contributed by atoms with Crippen LogP contribution in [0.5, 0.6) is 0 Å². The summed E-state index contributed by atoms with van der Waals surface area (Å²) in [5.41, 5.74) is 5.20.